The molecule has 128 valence electrons. The highest BCUT2D eigenvalue weighted by Crippen LogP contribution is 2.29. The van der Waals surface area contributed by atoms with Gasteiger partial charge in [-0.3, -0.25) is 9.20 Å². The molecule has 3 heterocycles. The predicted molar refractivity (Wildman–Crippen MR) is 106 cm³/mol. The Morgan fingerprint density at radius 2 is 1.70 bits per heavy atom. The van der Waals surface area contributed by atoms with Crippen LogP contribution in [0.2, 0.25) is 0 Å². The molecule has 0 bridgehead atoms. The van der Waals surface area contributed by atoms with Crippen LogP contribution in [-0.4, -0.2) is 14.4 Å². The monoisotopic (exact) mass is 351 g/mol. The first-order valence-corrected chi connectivity index (χ1v) is 8.74. The number of imidazole rings is 1. The molecular weight excluding hydrogens is 338 g/mol. The molecule has 0 unspecified atom stereocenters. The van der Waals surface area contributed by atoms with Crippen molar-refractivity contribution < 1.29 is 4.42 Å². The zero-order valence-electron chi connectivity index (χ0n) is 14.4. The largest absolute Gasteiger partial charge is 0.437 e. The Hall–Kier alpha value is -3.73. The summed E-state index contributed by atoms with van der Waals surface area (Å²) in [7, 11) is 0. The Kier molecular flexibility index (Phi) is 2.63. The Labute approximate surface area is 152 Å². The second-order valence-electron chi connectivity index (χ2n) is 6.69. The van der Waals surface area contributed by atoms with Crippen molar-refractivity contribution in [3.63, 3.8) is 0 Å². The van der Waals surface area contributed by atoms with Gasteiger partial charge in [-0.2, -0.15) is 4.98 Å². The third-order valence-electron chi connectivity index (χ3n) is 5.14. The summed E-state index contributed by atoms with van der Waals surface area (Å²) in [5, 5.41) is 2.89. The van der Waals surface area contributed by atoms with Gasteiger partial charge in [0.15, 0.2) is 5.65 Å². The average molecular weight is 351 g/mol. The molecule has 0 aliphatic carbocycles. The van der Waals surface area contributed by atoms with E-state index in [0.29, 0.717) is 27.7 Å². The van der Waals surface area contributed by atoms with Crippen molar-refractivity contribution in [3.05, 3.63) is 76.7 Å². The molecule has 5 nitrogen and oxygen atoms in total. The van der Waals surface area contributed by atoms with Crippen LogP contribution in [0.1, 0.15) is 5.82 Å². The molecule has 0 atom stereocenters. The van der Waals surface area contributed by atoms with Crippen molar-refractivity contribution in [3.8, 4) is 0 Å². The molecule has 3 aromatic heterocycles. The van der Waals surface area contributed by atoms with Crippen molar-refractivity contribution in [1.82, 2.24) is 14.4 Å². The highest BCUT2D eigenvalue weighted by molar-refractivity contribution is 6.08. The Morgan fingerprint density at radius 3 is 2.63 bits per heavy atom. The lowest BCUT2D eigenvalue weighted by Crippen LogP contribution is -2.08. The van der Waals surface area contributed by atoms with Gasteiger partial charge >= 0.3 is 0 Å². The Balaban J connectivity index is 1.92. The van der Waals surface area contributed by atoms with Gasteiger partial charge in [-0.25, -0.2) is 4.98 Å². The average Bonchev–Trinajstić information content (AvgIpc) is 3.08. The number of benzene rings is 3. The van der Waals surface area contributed by atoms with Crippen molar-refractivity contribution in [2.45, 2.75) is 6.92 Å². The minimum absolute atomic E-state index is 0.107. The van der Waals surface area contributed by atoms with Gasteiger partial charge in [-0.15, -0.1) is 0 Å². The first-order valence-electron chi connectivity index (χ1n) is 8.74. The fraction of sp³-hybridized carbons (Fsp3) is 0.0455. The van der Waals surface area contributed by atoms with Gasteiger partial charge in [0, 0.05) is 5.39 Å². The zero-order valence-corrected chi connectivity index (χ0v) is 14.4. The van der Waals surface area contributed by atoms with Crippen LogP contribution in [-0.2, 0) is 0 Å². The summed E-state index contributed by atoms with van der Waals surface area (Å²) in [5.74, 6) is 0.730. The SMILES string of the molecule is Cc1nc2oc3c(ccc4ccccc43)c(=O)c2c2nc3ccccc3n12. The standard InChI is InChI=1S/C22H13N3O2/c1-12-23-22-18(21-24-16-8-4-5-9-17(16)25(12)21)19(26)15-11-10-13-6-2-3-7-14(13)20(15)27-22/h2-11H,1H3. The van der Waals surface area contributed by atoms with Gasteiger partial charge in [0.25, 0.3) is 0 Å². The maximum Gasteiger partial charge on any atom is 0.236 e. The summed E-state index contributed by atoms with van der Waals surface area (Å²) < 4.78 is 8.08. The van der Waals surface area contributed by atoms with Crippen LogP contribution >= 0.6 is 0 Å². The van der Waals surface area contributed by atoms with E-state index in [9.17, 15) is 4.79 Å². The van der Waals surface area contributed by atoms with E-state index in [1.165, 1.54) is 0 Å². The predicted octanol–water partition coefficient (Wildman–Crippen LogP) is 4.60. The topological polar surface area (TPSA) is 60.4 Å². The normalized spacial score (nSPS) is 12.0. The van der Waals surface area contributed by atoms with Crippen LogP contribution in [0.5, 0.6) is 0 Å². The van der Waals surface area contributed by atoms with Gasteiger partial charge in [0.05, 0.1) is 16.4 Å². The van der Waals surface area contributed by atoms with E-state index in [4.69, 9.17) is 9.40 Å². The van der Waals surface area contributed by atoms with Crippen LogP contribution in [0.15, 0.2) is 69.9 Å². The number of aromatic nitrogens is 3. The van der Waals surface area contributed by atoms with Crippen LogP contribution in [0.4, 0.5) is 0 Å². The van der Waals surface area contributed by atoms with Gasteiger partial charge in [-0.1, -0.05) is 42.5 Å². The molecule has 0 N–H and O–H groups in total. The molecule has 5 heteroatoms. The third kappa shape index (κ3) is 1.80. The lowest BCUT2D eigenvalue weighted by Gasteiger charge is -2.07. The fourth-order valence-corrected chi connectivity index (χ4v) is 3.91. The summed E-state index contributed by atoms with van der Waals surface area (Å²) >= 11 is 0. The Bertz CT molecular complexity index is 1610. The van der Waals surface area contributed by atoms with E-state index in [2.05, 4.69) is 4.98 Å². The number of nitrogens with zero attached hydrogens (tertiary/aromatic N) is 3. The molecule has 0 saturated carbocycles. The molecule has 0 aliphatic heterocycles. The van der Waals surface area contributed by atoms with E-state index in [0.717, 1.165) is 27.6 Å². The lowest BCUT2D eigenvalue weighted by atomic mass is 10.1. The summed E-state index contributed by atoms with van der Waals surface area (Å²) in [5.41, 5.74) is 3.12. The lowest BCUT2D eigenvalue weighted by molar-refractivity contribution is 0.644. The van der Waals surface area contributed by atoms with Gasteiger partial charge in [0.1, 0.15) is 16.8 Å². The number of hydrogen-bond acceptors (Lipinski definition) is 4. The van der Waals surface area contributed by atoms with Crippen molar-refractivity contribution >= 4 is 49.5 Å². The number of aryl methyl sites for hydroxylation is 1. The van der Waals surface area contributed by atoms with Crippen LogP contribution in [0, 0.1) is 6.92 Å². The smallest absolute Gasteiger partial charge is 0.236 e. The third-order valence-corrected chi connectivity index (χ3v) is 5.14. The zero-order chi connectivity index (χ0) is 18.1. The van der Waals surface area contributed by atoms with Gasteiger partial charge < -0.3 is 4.42 Å². The second kappa shape index (κ2) is 4.92. The van der Waals surface area contributed by atoms with E-state index in [1.807, 2.05) is 72.0 Å². The fourth-order valence-electron chi connectivity index (χ4n) is 3.91. The maximum atomic E-state index is 13.4. The summed E-state index contributed by atoms with van der Waals surface area (Å²) in [6.45, 7) is 1.90. The molecule has 0 spiro atoms. The first kappa shape index (κ1) is 14.4. The number of fused-ring (bicyclic) bond motifs is 8. The molecule has 0 fully saturated rings. The minimum atomic E-state index is -0.107. The Morgan fingerprint density at radius 1 is 0.889 bits per heavy atom. The van der Waals surface area contributed by atoms with Gasteiger partial charge in [-0.05, 0) is 30.5 Å². The van der Waals surface area contributed by atoms with E-state index >= 15 is 0 Å². The molecule has 3 aromatic carbocycles. The highest BCUT2D eigenvalue weighted by atomic mass is 16.3. The maximum absolute atomic E-state index is 13.4. The highest BCUT2D eigenvalue weighted by Gasteiger charge is 2.18. The minimum Gasteiger partial charge on any atom is -0.437 e. The molecular formula is C22H13N3O2. The van der Waals surface area contributed by atoms with E-state index in [-0.39, 0.29) is 5.43 Å². The first-order chi connectivity index (χ1) is 13.2. The van der Waals surface area contributed by atoms with Crippen molar-refractivity contribution in [1.29, 1.82) is 0 Å². The summed E-state index contributed by atoms with van der Waals surface area (Å²) in [6, 6.07) is 19.4. The number of hydrogen-bond donors (Lipinski definition) is 0. The molecule has 0 amide bonds. The van der Waals surface area contributed by atoms with Crippen molar-refractivity contribution in [2.24, 2.45) is 0 Å². The van der Waals surface area contributed by atoms with Crippen LogP contribution in [0.25, 0.3) is 49.5 Å². The molecule has 0 radical (unpaired) electrons. The van der Waals surface area contributed by atoms with Crippen LogP contribution in [0.3, 0.4) is 0 Å². The molecule has 0 aliphatic rings. The second-order valence-corrected chi connectivity index (χ2v) is 6.69. The van der Waals surface area contributed by atoms with Crippen LogP contribution < -0.4 is 5.43 Å². The number of para-hydroxylation sites is 2. The molecule has 6 aromatic rings. The molecule has 27 heavy (non-hydrogen) atoms. The summed E-state index contributed by atoms with van der Waals surface area (Å²) in [4.78, 5) is 22.7. The van der Waals surface area contributed by atoms with Crippen molar-refractivity contribution in [2.75, 3.05) is 0 Å². The quantitative estimate of drug-likeness (QED) is 0.296. The summed E-state index contributed by atoms with van der Waals surface area (Å²) in [6.07, 6.45) is 0. The molecule has 0 saturated heterocycles. The molecule has 6 rings (SSSR count). The number of rotatable bonds is 0. The van der Waals surface area contributed by atoms with Gasteiger partial charge in [0.2, 0.25) is 11.1 Å². The van der Waals surface area contributed by atoms with E-state index in [1.54, 1.807) is 0 Å². The van der Waals surface area contributed by atoms with E-state index < -0.39 is 0 Å².